The number of nitriles is 1. The van der Waals surface area contributed by atoms with Crippen molar-refractivity contribution in [3.05, 3.63) is 29.8 Å². The molecule has 0 saturated carbocycles. The zero-order valence-electron chi connectivity index (χ0n) is 9.15. The molecule has 1 N–H and O–H groups in total. The maximum atomic E-state index is 8.71. The lowest BCUT2D eigenvalue weighted by molar-refractivity contribution is 0.706. The fraction of sp³-hybridized carbons (Fsp3) is 0.273. The van der Waals surface area contributed by atoms with Gasteiger partial charge in [0.25, 0.3) is 0 Å². The maximum absolute atomic E-state index is 8.71. The van der Waals surface area contributed by atoms with Gasteiger partial charge in [-0.05, 0) is 19.1 Å². The Morgan fingerprint density at radius 3 is 2.47 bits per heavy atom. The number of nitrogens with zero attached hydrogens (tertiary/aromatic N) is 3. The van der Waals surface area contributed by atoms with E-state index in [1.807, 2.05) is 37.4 Å². The van der Waals surface area contributed by atoms with Crippen molar-refractivity contribution in [2.45, 2.75) is 6.92 Å². The van der Waals surface area contributed by atoms with Crippen molar-refractivity contribution in [1.82, 2.24) is 4.90 Å². The van der Waals surface area contributed by atoms with Crippen LogP contribution in [-0.4, -0.2) is 25.0 Å². The molecule has 0 unspecified atom stereocenters. The summed E-state index contributed by atoms with van der Waals surface area (Å²) < 4.78 is 0. The Morgan fingerprint density at radius 1 is 1.40 bits per heavy atom. The summed E-state index contributed by atoms with van der Waals surface area (Å²) in [4.78, 5) is 5.36. The molecule has 0 saturated heterocycles. The quantitative estimate of drug-likeness (QED) is 0.327. The Hall–Kier alpha value is -2.02. The summed E-state index contributed by atoms with van der Waals surface area (Å²) in [6.45, 7) is 2.03. The molecule has 0 aliphatic heterocycles. The average molecular weight is 202 g/mol. The number of hydrogen-bond acceptors (Lipinski definition) is 2. The number of aryl methyl sites for hydroxylation is 1. The number of anilines is 1. The van der Waals surface area contributed by atoms with Gasteiger partial charge in [0.15, 0.2) is 6.19 Å². The monoisotopic (exact) mass is 202 g/mol. The summed E-state index contributed by atoms with van der Waals surface area (Å²) in [5.74, 6) is 0.529. The summed E-state index contributed by atoms with van der Waals surface area (Å²) in [6.07, 6.45) is 1.99. The van der Waals surface area contributed by atoms with Gasteiger partial charge in [-0.1, -0.05) is 17.7 Å². The number of rotatable bonds is 1. The molecular formula is C11H14N4. The van der Waals surface area contributed by atoms with Crippen LogP contribution >= 0.6 is 0 Å². The van der Waals surface area contributed by atoms with E-state index in [9.17, 15) is 0 Å². The lowest BCUT2D eigenvalue weighted by Gasteiger charge is -2.13. The minimum Gasteiger partial charge on any atom is -0.325 e. The molecular weight excluding hydrogens is 188 g/mol. The van der Waals surface area contributed by atoms with Crippen LogP contribution in [0.1, 0.15) is 5.56 Å². The highest BCUT2D eigenvalue weighted by Crippen LogP contribution is 2.08. The second-order valence-corrected chi connectivity index (χ2v) is 3.20. The maximum Gasteiger partial charge on any atom is 0.211 e. The normalized spacial score (nSPS) is 10.7. The molecule has 0 atom stereocenters. The topological polar surface area (TPSA) is 51.4 Å². The highest BCUT2D eigenvalue weighted by molar-refractivity contribution is 5.94. The van der Waals surface area contributed by atoms with Gasteiger partial charge in [0, 0.05) is 19.8 Å². The van der Waals surface area contributed by atoms with Crippen LogP contribution in [0, 0.1) is 18.4 Å². The Balaban J connectivity index is 2.77. The average Bonchev–Trinajstić information content (AvgIpc) is 2.27. The first-order valence-electron chi connectivity index (χ1n) is 4.61. The van der Waals surface area contributed by atoms with Crippen LogP contribution in [0.5, 0.6) is 0 Å². The smallest absolute Gasteiger partial charge is 0.211 e. The largest absolute Gasteiger partial charge is 0.325 e. The number of guanidine groups is 1. The van der Waals surface area contributed by atoms with Crippen LogP contribution < -0.4 is 5.32 Å². The van der Waals surface area contributed by atoms with E-state index in [1.165, 1.54) is 10.5 Å². The summed E-state index contributed by atoms with van der Waals surface area (Å²) in [5.41, 5.74) is 2.12. The van der Waals surface area contributed by atoms with E-state index in [0.29, 0.717) is 5.96 Å². The Morgan fingerprint density at radius 2 is 2.00 bits per heavy atom. The molecule has 15 heavy (non-hydrogen) atoms. The van der Waals surface area contributed by atoms with Crippen LogP contribution in [0.4, 0.5) is 5.69 Å². The van der Waals surface area contributed by atoms with Crippen LogP contribution in [0.3, 0.4) is 0 Å². The predicted molar refractivity (Wildman–Crippen MR) is 61.5 cm³/mol. The van der Waals surface area contributed by atoms with Crippen molar-refractivity contribution < 1.29 is 0 Å². The highest BCUT2D eigenvalue weighted by Gasteiger charge is 2.03. The second-order valence-electron chi connectivity index (χ2n) is 3.20. The number of hydrogen-bond donors (Lipinski definition) is 1. The number of aliphatic imine (C=N–C) groups is 1. The van der Waals surface area contributed by atoms with E-state index in [4.69, 9.17) is 5.26 Å². The molecule has 1 aromatic carbocycles. The highest BCUT2D eigenvalue weighted by atomic mass is 15.3. The standard InChI is InChI=1S/C11H14N4/c1-9-4-6-10(7-5-9)14-11(13-2)15(3)8-12/h4-7H,1-3H3,(H,13,14). The van der Waals surface area contributed by atoms with Crippen LogP contribution in [0.2, 0.25) is 0 Å². The second kappa shape index (κ2) is 5.01. The number of nitrogens with one attached hydrogen (secondary N) is 1. The molecule has 0 aliphatic carbocycles. The SMILES string of the molecule is CN=C(Nc1ccc(C)cc1)N(C)C#N. The van der Waals surface area contributed by atoms with Gasteiger partial charge < -0.3 is 5.32 Å². The third-order valence-electron chi connectivity index (χ3n) is 1.99. The van der Waals surface area contributed by atoms with Gasteiger partial charge in [0.1, 0.15) is 0 Å². The van der Waals surface area contributed by atoms with Crippen molar-refractivity contribution >= 4 is 11.6 Å². The number of benzene rings is 1. The van der Waals surface area contributed by atoms with E-state index < -0.39 is 0 Å². The summed E-state index contributed by atoms with van der Waals surface area (Å²) in [5, 5.41) is 11.8. The molecule has 78 valence electrons. The zero-order chi connectivity index (χ0) is 11.3. The van der Waals surface area contributed by atoms with Crippen molar-refractivity contribution in [3.63, 3.8) is 0 Å². The van der Waals surface area contributed by atoms with Gasteiger partial charge in [0.2, 0.25) is 5.96 Å². The molecule has 1 aromatic rings. The molecule has 1 rings (SSSR count). The molecule has 0 spiro atoms. The molecule has 0 heterocycles. The molecule has 4 heteroatoms. The molecule has 0 radical (unpaired) electrons. The first kappa shape index (κ1) is 11.1. The minimum absolute atomic E-state index is 0.529. The predicted octanol–water partition coefficient (Wildman–Crippen LogP) is 1.81. The van der Waals surface area contributed by atoms with Crippen LogP contribution in [-0.2, 0) is 0 Å². The Labute approximate surface area is 89.9 Å². The van der Waals surface area contributed by atoms with Crippen molar-refractivity contribution in [2.75, 3.05) is 19.4 Å². The third-order valence-corrected chi connectivity index (χ3v) is 1.99. The van der Waals surface area contributed by atoms with Crippen LogP contribution in [0.15, 0.2) is 29.3 Å². The van der Waals surface area contributed by atoms with E-state index in [0.717, 1.165) is 5.69 Å². The lowest BCUT2D eigenvalue weighted by atomic mass is 10.2. The fourth-order valence-corrected chi connectivity index (χ4v) is 1.10. The van der Waals surface area contributed by atoms with Gasteiger partial charge >= 0.3 is 0 Å². The summed E-state index contributed by atoms with van der Waals surface area (Å²) >= 11 is 0. The van der Waals surface area contributed by atoms with Crippen molar-refractivity contribution in [1.29, 1.82) is 5.26 Å². The molecule has 0 bridgehead atoms. The first-order valence-corrected chi connectivity index (χ1v) is 4.61. The summed E-state index contributed by atoms with van der Waals surface area (Å²) in [7, 11) is 3.30. The third kappa shape index (κ3) is 2.99. The molecule has 0 fully saturated rings. The lowest BCUT2D eigenvalue weighted by Crippen LogP contribution is -2.28. The molecule has 0 aliphatic rings. The van der Waals surface area contributed by atoms with Gasteiger partial charge in [-0.25, -0.2) is 0 Å². The van der Waals surface area contributed by atoms with Crippen molar-refractivity contribution in [3.8, 4) is 6.19 Å². The molecule has 0 amide bonds. The van der Waals surface area contributed by atoms with E-state index in [-0.39, 0.29) is 0 Å². The van der Waals surface area contributed by atoms with E-state index in [1.54, 1.807) is 14.1 Å². The van der Waals surface area contributed by atoms with Gasteiger partial charge in [0.05, 0.1) is 0 Å². The van der Waals surface area contributed by atoms with Crippen molar-refractivity contribution in [2.24, 2.45) is 4.99 Å². The van der Waals surface area contributed by atoms with Gasteiger partial charge in [-0.2, -0.15) is 5.26 Å². The molecule has 4 nitrogen and oxygen atoms in total. The van der Waals surface area contributed by atoms with Gasteiger partial charge in [-0.3, -0.25) is 9.89 Å². The van der Waals surface area contributed by atoms with Gasteiger partial charge in [-0.15, -0.1) is 0 Å². The fourth-order valence-electron chi connectivity index (χ4n) is 1.10. The Kier molecular flexibility index (Phi) is 3.69. The van der Waals surface area contributed by atoms with Crippen LogP contribution in [0.25, 0.3) is 0 Å². The first-order chi connectivity index (χ1) is 7.17. The zero-order valence-corrected chi connectivity index (χ0v) is 9.15. The van der Waals surface area contributed by atoms with E-state index >= 15 is 0 Å². The minimum atomic E-state index is 0.529. The molecule has 0 aromatic heterocycles. The van der Waals surface area contributed by atoms with E-state index in [2.05, 4.69) is 10.3 Å². The summed E-state index contributed by atoms with van der Waals surface area (Å²) in [6, 6.07) is 7.90. The Bertz CT molecular complexity index is 386.